The molecule has 116 valence electrons. The van der Waals surface area contributed by atoms with Crippen molar-refractivity contribution in [3.63, 3.8) is 0 Å². The molecule has 2 aromatic carbocycles. The molecule has 0 saturated carbocycles. The van der Waals surface area contributed by atoms with Gasteiger partial charge in [0.25, 0.3) is 0 Å². The van der Waals surface area contributed by atoms with Gasteiger partial charge in [0.1, 0.15) is 0 Å². The zero-order valence-electron chi connectivity index (χ0n) is 13.2. The molecule has 0 aliphatic heterocycles. The zero-order valence-corrected chi connectivity index (χ0v) is 13.2. The van der Waals surface area contributed by atoms with Crippen LogP contribution in [0, 0.1) is 0 Å². The van der Waals surface area contributed by atoms with Crippen molar-refractivity contribution in [1.29, 1.82) is 0 Å². The Bertz CT molecular complexity index is 608. The number of rotatable bonds is 7. The van der Waals surface area contributed by atoms with E-state index in [1.807, 2.05) is 30.3 Å². The first-order chi connectivity index (χ1) is 10.6. The molecule has 0 spiro atoms. The number of aliphatic carboxylic acids is 1. The van der Waals surface area contributed by atoms with Crippen LogP contribution in [0.4, 0.5) is 5.69 Å². The van der Waals surface area contributed by atoms with Crippen molar-refractivity contribution in [1.82, 2.24) is 0 Å². The Morgan fingerprint density at radius 2 is 1.68 bits per heavy atom. The van der Waals surface area contributed by atoms with Crippen molar-refractivity contribution in [3.8, 4) is 0 Å². The van der Waals surface area contributed by atoms with Crippen LogP contribution in [0.15, 0.2) is 54.6 Å². The van der Waals surface area contributed by atoms with E-state index < -0.39 is 5.97 Å². The van der Waals surface area contributed by atoms with Crippen LogP contribution in [0.3, 0.4) is 0 Å². The predicted octanol–water partition coefficient (Wildman–Crippen LogP) is 4.29. The summed E-state index contributed by atoms with van der Waals surface area (Å²) in [5.74, 6) is -0.362. The van der Waals surface area contributed by atoms with Crippen LogP contribution in [-0.2, 0) is 11.3 Å². The topological polar surface area (TPSA) is 40.5 Å². The molecule has 0 aromatic heterocycles. The number of nitrogens with zero attached hydrogens (tertiary/aromatic N) is 1. The number of carboxylic acids is 1. The maximum atomic E-state index is 11.0. The van der Waals surface area contributed by atoms with Gasteiger partial charge >= 0.3 is 5.97 Å². The van der Waals surface area contributed by atoms with Gasteiger partial charge in [-0.3, -0.25) is 4.79 Å². The fourth-order valence-electron chi connectivity index (χ4n) is 2.58. The van der Waals surface area contributed by atoms with Crippen LogP contribution in [0.2, 0.25) is 0 Å². The molecule has 0 heterocycles. The third kappa shape index (κ3) is 4.35. The summed E-state index contributed by atoms with van der Waals surface area (Å²) in [7, 11) is 0. The van der Waals surface area contributed by atoms with Gasteiger partial charge in [0, 0.05) is 18.8 Å². The summed E-state index contributed by atoms with van der Waals surface area (Å²) >= 11 is 0. The average molecular weight is 297 g/mol. The van der Waals surface area contributed by atoms with Crippen LogP contribution in [0.5, 0.6) is 0 Å². The molecule has 2 aromatic rings. The van der Waals surface area contributed by atoms with Gasteiger partial charge in [-0.1, -0.05) is 62.4 Å². The normalized spacial score (nSPS) is 10.7. The van der Waals surface area contributed by atoms with E-state index in [0.29, 0.717) is 12.5 Å². The lowest BCUT2D eigenvalue weighted by molar-refractivity contribution is -0.136. The van der Waals surface area contributed by atoms with Gasteiger partial charge in [-0.05, 0) is 23.1 Å². The number of benzene rings is 2. The largest absolute Gasteiger partial charge is 0.481 e. The van der Waals surface area contributed by atoms with Crippen molar-refractivity contribution in [3.05, 3.63) is 65.7 Å². The second-order valence-corrected chi connectivity index (χ2v) is 5.76. The van der Waals surface area contributed by atoms with Gasteiger partial charge in [-0.25, -0.2) is 0 Å². The SMILES string of the molecule is CC(C)c1ccccc1N(CCC(=O)O)Cc1ccccc1. The first-order valence-corrected chi connectivity index (χ1v) is 7.67. The molecule has 2 rings (SSSR count). The second kappa shape index (κ2) is 7.64. The van der Waals surface area contributed by atoms with E-state index in [2.05, 4.69) is 43.0 Å². The third-order valence-corrected chi connectivity index (χ3v) is 3.71. The molecule has 0 fully saturated rings. The number of carbonyl (C=O) groups is 1. The molecule has 0 amide bonds. The van der Waals surface area contributed by atoms with E-state index in [1.54, 1.807) is 0 Å². The fourth-order valence-corrected chi connectivity index (χ4v) is 2.58. The number of anilines is 1. The molecule has 0 atom stereocenters. The predicted molar refractivity (Wildman–Crippen MR) is 90.3 cm³/mol. The molecular weight excluding hydrogens is 274 g/mol. The number of hydrogen-bond acceptors (Lipinski definition) is 2. The van der Waals surface area contributed by atoms with Gasteiger partial charge in [-0.15, -0.1) is 0 Å². The van der Waals surface area contributed by atoms with Crippen LogP contribution in [0.25, 0.3) is 0 Å². The van der Waals surface area contributed by atoms with Gasteiger partial charge in [0.15, 0.2) is 0 Å². The van der Waals surface area contributed by atoms with E-state index in [-0.39, 0.29) is 6.42 Å². The van der Waals surface area contributed by atoms with E-state index in [0.717, 1.165) is 12.2 Å². The van der Waals surface area contributed by atoms with Gasteiger partial charge < -0.3 is 10.0 Å². The van der Waals surface area contributed by atoms with E-state index in [1.165, 1.54) is 11.1 Å². The van der Waals surface area contributed by atoms with Crippen LogP contribution >= 0.6 is 0 Å². The highest BCUT2D eigenvalue weighted by Gasteiger charge is 2.14. The summed E-state index contributed by atoms with van der Waals surface area (Å²) in [6.07, 6.45) is 0.138. The quantitative estimate of drug-likeness (QED) is 0.828. The standard InChI is InChI=1S/C19H23NO2/c1-15(2)17-10-6-7-11-18(17)20(13-12-19(21)22)14-16-8-4-3-5-9-16/h3-11,15H,12-14H2,1-2H3,(H,21,22). The summed E-state index contributed by atoms with van der Waals surface area (Å²) in [4.78, 5) is 13.1. The van der Waals surface area contributed by atoms with E-state index >= 15 is 0 Å². The Balaban J connectivity index is 2.29. The van der Waals surface area contributed by atoms with Crippen molar-refractivity contribution >= 4 is 11.7 Å². The highest BCUT2D eigenvalue weighted by molar-refractivity contribution is 5.68. The Hall–Kier alpha value is -2.29. The van der Waals surface area contributed by atoms with Gasteiger partial charge in [0.2, 0.25) is 0 Å². The summed E-state index contributed by atoms with van der Waals surface area (Å²) in [5, 5.41) is 9.03. The molecule has 0 aliphatic carbocycles. The molecule has 0 radical (unpaired) electrons. The minimum atomic E-state index is -0.764. The molecule has 0 bridgehead atoms. The van der Waals surface area contributed by atoms with Gasteiger partial charge in [-0.2, -0.15) is 0 Å². The van der Waals surface area contributed by atoms with Crippen molar-refractivity contribution < 1.29 is 9.90 Å². The highest BCUT2D eigenvalue weighted by atomic mass is 16.4. The highest BCUT2D eigenvalue weighted by Crippen LogP contribution is 2.28. The van der Waals surface area contributed by atoms with E-state index in [9.17, 15) is 4.79 Å². The van der Waals surface area contributed by atoms with Crippen LogP contribution in [0.1, 0.15) is 37.3 Å². The summed E-state index contributed by atoms with van der Waals surface area (Å²) in [6, 6.07) is 18.4. The number of para-hydroxylation sites is 1. The molecule has 22 heavy (non-hydrogen) atoms. The van der Waals surface area contributed by atoms with Crippen LogP contribution in [-0.4, -0.2) is 17.6 Å². The minimum absolute atomic E-state index is 0.138. The number of hydrogen-bond donors (Lipinski definition) is 1. The number of carboxylic acid groups (broad SMARTS) is 1. The molecular formula is C19H23NO2. The van der Waals surface area contributed by atoms with Crippen LogP contribution < -0.4 is 4.90 Å². The average Bonchev–Trinajstić information content (AvgIpc) is 2.52. The summed E-state index contributed by atoms with van der Waals surface area (Å²) in [6.45, 7) is 5.55. The fraction of sp³-hybridized carbons (Fsp3) is 0.316. The molecule has 3 nitrogen and oxygen atoms in total. The first kappa shape index (κ1) is 16.1. The first-order valence-electron chi connectivity index (χ1n) is 7.67. The monoisotopic (exact) mass is 297 g/mol. The summed E-state index contributed by atoms with van der Waals surface area (Å²) < 4.78 is 0. The Morgan fingerprint density at radius 1 is 1.05 bits per heavy atom. The lowest BCUT2D eigenvalue weighted by atomic mass is 10.00. The lowest BCUT2D eigenvalue weighted by Gasteiger charge is -2.28. The molecule has 3 heteroatoms. The molecule has 1 N–H and O–H groups in total. The second-order valence-electron chi connectivity index (χ2n) is 5.76. The molecule has 0 aliphatic rings. The maximum absolute atomic E-state index is 11.0. The lowest BCUT2D eigenvalue weighted by Crippen LogP contribution is -2.26. The van der Waals surface area contributed by atoms with Crippen molar-refractivity contribution in [2.45, 2.75) is 32.7 Å². The maximum Gasteiger partial charge on any atom is 0.305 e. The van der Waals surface area contributed by atoms with Gasteiger partial charge in [0.05, 0.1) is 6.42 Å². The Morgan fingerprint density at radius 3 is 2.32 bits per heavy atom. The summed E-state index contributed by atoms with van der Waals surface area (Å²) in [5.41, 5.74) is 3.57. The van der Waals surface area contributed by atoms with E-state index in [4.69, 9.17) is 5.11 Å². The molecule has 0 saturated heterocycles. The van der Waals surface area contributed by atoms with Crippen molar-refractivity contribution in [2.24, 2.45) is 0 Å². The third-order valence-electron chi connectivity index (χ3n) is 3.71. The zero-order chi connectivity index (χ0) is 15.9. The Kier molecular flexibility index (Phi) is 5.59. The molecule has 0 unspecified atom stereocenters. The Labute approximate surface area is 132 Å². The smallest absolute Gasteiger partial charge is 0.305 e. The minimum Gasteiger partial charge on any atom is -0.481 e. The van der Waals surface area contributed by atoms with Crippen molar-refractivity contribution in [2.75, 3.05) is 11.4 Å².